The van der Waals surface area contributed by atoms with Crippen LogP contribution in [-0.4, -0.2) is 30.0 Å². The minimum atomic E-state index is 0.0508. The first-order valence-electron chi connectivity index (χ1n) is 10.5. The Labute approximate surface area is 173 Å². The molecule has 1 saturated heterocycles. The van der Waals surface area contributed by atoms with Crippen molar-refractivity contribution in [3.63, 3.8) is 0 Å². The van der Waals surface area contributed by atoms with Gasteiger partial charge >= 0.3 is 0 Å². The van der Waals surface area contributed by atoms with Crippen molar-refractivity contribution in [3.8, 4) is 0 Å². The Balaban J connectivity index is 1.65. The van der Waals surface area contributed by atoms with Gasteiger partial charge in [0, 0.05) is 23.4 Å². The second kappa shape index (κ2) is 13.1. The summed E-state index contributed by atoms with van der Waals surface area (Å²) in [4.78, 5) is 2.46. The molecule has 1 fully saturated rings. The van der Waals surface area contributed by atoms with Crippen molar-refractivity contribution in [3.05, 3.63) is 34.3 Å². The fourth-order valence-corrected chi connectivity index (χ4v) is 4.30. The number of rotatable bonds is 13. The molecule has 0 N–H and O–H groups in total. The van der Waals surface area contributed by atoms with E-state index in [1.54, 1.807) is 0 Å². The summed E-state index contributed by atoms with van der Waals surface area (Å²) >= 11 is 9.63. The molecule has 2 atom stereocenters. The molecule has 26 heavy (non-hydrogen) atoms. The van der Waals surface area contributed by atoms with Gasteiger partial charge in [0.05, 0.1) is 6.10 Å². The molecule has 0 radical (unpaired) electrons. The topological polar surface area (TPSA) is 12.5 Å². The molecule has 0 aliphatic carbocycles. The van der Waals surface area contributed by atoms with Crippen LogP contribution in [0.4, 0.5) is 0 Å². The highest BCUT2D eigenvalue weighted by molar-refractivity contribution is 9.10. The van der Waals surface area contributed by atoms with Crippen LogP contribution in [0.5, 0.6) is 0 Å². The Bertz CT molecular complexity index is 499. The minimum Gasteiger partial charge on any atom is -0.353 e. The lowest BCUT2D eigenvalue weighted by Crippen LogP contribution is -2.26. The van der Waals surface area contributed by atoms with E-state index >= 15 is 0 Å². The first-order chi connectivity index (χ1) is 12.7. The molecule has 0 amide bonds. The lowest BCUT2D eigenvalue weighted by molar-refractivity contribution is 0.00495. The number of hydrogen-bond donors (Lipinski definition) is 0. The summed E-state index contributed by atoms with van der Waals surface area (Å²) in [6, 6.07) is 8.45. The zero-order valence-corrected chi connectivity index (χ0v) is 18.6. The van der Waals surface area contributed by atoms with Crippen molar-refractivity contribution < 1.29 is 4.74 Å². The summed E-state index contributed by atoms with van der Waals surface area (Å²) in [7, 11) is 0. The van der Waals surface area contributed by atoms with Crippen LogP contribution in [0.1, 0.15) is 82.9 Å². The lowest BCUT2D eigenvalue weighted by atomic mass is 10.1. The maximum atomic E-state index is 6.18. The molecule has 1 aromatic rings. The van der Waals surface area contributed by atoms with E-state index in [2.05, 4.69) is 52.0 Å². The fraction of sp³-hybridized carbons (Fsp3) is 0.727. The Morgan fingerprint density at radius 1 is 1.04 bits per heavy atom. The van der Waals surface area contributed by atoms with Gasteiger partial charge in [-0.2, -0.15) is 0 Å². The van der Waals surface area contributed by atoms with Crippen molar-refractivity contribution >= 4 is 27.5 Å². The van der Waals surface area contributed by atoms with Crippen LogP contribution in [0.2, 0.25) is 0 Å². The average molecular weight is 445 g/mol. The molecule has 0 bridgehead atoms. The molecular weight excluding hydrogens is 410 g/mol. The smallest absolute Gasteiger partial charge is 0.137 e. The second-order valence-electron chi connectivity index (χ2n) is 7.50. The molecule has 4 heteroatoms. The summed E-state index contributed by atoms with van der Waals surface area (Å²) < 4.78 is 7.28. The van der Waals surface area contributed by atoms with Gasteiger partial charge in [-0.15, -0.1) is 11.6 Å². The van der Waals surface area contributed by atoms with Crippen LogP contribution in [0.15, 0.2) is 28.7 Å². The molecule has 1 aliphatic heterocycles. The molecule has 148 valence electrons. The maximum Gasteiger partial charge on any atom is 0.137 e. The van der Waals surface area contributed by atoms with Crippen molar-refractivity contribution in [1.29, 1.82) is 0 Å². The molecule has 1 aliphatic rings. The number of benzene rings is 1. The van der Waals surface area contributed by atoms with Crippen molar-refractivity contribution in [2.24, 2.45) is 0 Å². The Morgan fingerprint density at radius 2 is 1.69 bits per heavy atom. The SMILES string of the molecule is CCCCCCCCCCCCN1CC(CCl)OC1c1cccc(Br)c1. The predicted octanol–water partition coefficient (Wildman–Crippen LogP) is 7.31. The van der Waals surface area contributed by atoms with Crippen LogP contribution in [0, 0.1) is 0 Å². The molecule has 1 aromatic carbocycles. The van der Waals surface area contributed by atoms with Gasteiger partial charge in [0.2, 0.25) is 0 Å². The quantitative estimate of drug-likeness (QED) is 0.233. The third-order valence-corrected chi connectivity index (χ3v) is 6.03. The lowest BCUT2D eigenvalue weighted by Gasteiger charge is -2.23. The van der Waals surface area contributed by atoms with Crippen molar-refractivity contribution in [1.82, 2.24) is 4.90 Å². The largest absolute Gasteiger partial charge is 0.353 e. The third kappa shape index (κ3) is 7.88. The number of halogens is 2. The number of nitrogens with zero attached hydrogens (tertiary/aromatic N) is 1. The molecule has 1 heterocycles. The minimum absolute atomic E-state index is 0.0508. The Hall–Kier alpha value is -0.0900. The maximum absolute atomic E-state index is 6.18. The van der Waals surface area contributed by atoms with Crippen LogP contribution in [0.25, 0.3) is 0 Å². The van der Waals surface area contributed by atoms with Gasteiger partial charge < -0.3 is 4.74 Å². The summed E-state index contributed by atoms with van der Waals surface area (Å²) in [6.07, 6.45) is 13.9. The summed E-state index contributed by atoms with van der Waals surface area (Å²) in [5, 5.41) is 0. The molecule has 0 saturated carbocycles. The number of ether oxygens (including phenoxy) is 1. The molecular formula is C22H35BrClNO. The second-order valence-corrected chi connectivity index (χ2v) is 8.72. The van der Waals surface area contributed by atoms with Gasteiger partial charge in [0.15, 0.2) is 0 Å². The van der Waals surface area contributed by atoms with Gasteiger partial charge in [-0.1, -0.05) is 92.8 Å². The molecule has 2 nitrogen and oxygen atoms in total. The van der Waals surface area contributed by atoms with Crippen LogP contribution >= 0.6 is 27.5 Å². The van der Waals surface area contributed by atoms with E-state index in [0.29, 0.717) is 5.88 Å². The number of hydrogen-bond acceptors (Lipinski definition) is 2. The molecule has 2 rings (SSSR count). The summed E-state index contributed by atoms with van der Waals surface area (Å²) in [5.41, 5.74) is 1.22. The number of unbranched alkanes of at least 4 members (excludes halogenated alkanes) is 9. The monoisotopic (exact) mass is 443 g/mol. The number of alkyl halides is 1. The van der Waals surface area contributed by atoms with E-state index in [1.165, 1.54) is 69.8 Å². The first kappa shape index (κ1) is 22.2. The van der Waals surface area contributed by atoms with Crippen LogP contribution in [-0.2, 0) is 4.74 Å². The molecule has 0 spiro atoms. The van der Waals surface area contributed by atoms with Gasteiger partial charge in [-0.05, 0) is 24.1 Å². The third-order valence-electron chi connectivity index (χ3n) is 5.20. The fourth-order valence-electron chi connectivity index (χ4n) is 3.71. The van der Waals surface area contributed by atoms with E-state index in [4.69, 9.17) is 16.3 Å². The average Bonchev–Trinajstić information content (AvgIpc) is 3.06. The normalized spacial score (nSPS) is 20.7. The highest BCUT2D eigenvalue weighted by Crippen LogP contribution is 2.32. The van der Waals surface area contributed by atoms with Crippen LogP contribution < -0.4 is 0 Å². The van der Waals surface area contributed by atoms with Crippen molar-refractivity contribution in [2.45, 2.75) is 83.5 Å². The van der Waals surface area contributed by atoms with E-state index in [0.717, 1.165) is 17.6 Å². The first-order valence-corrected chi connectivity index (χ1v) is 11.8. The molecule has 2 unspecified atom stereocenters. The summed E-state index contributed by atoms with van der Waals surface area (Å²) in [6.45, 7) is 4.32. The van der Waals surface area contributed by atoms with E-state index in [-0.39, 0.29) is 12.3 Å². The van der Waals surface area contributed by atoms with Gasteiger partial charge in [-0.3, -0.25) is 4.90 Å². The zero-order valence-electron chi connectivity index (χ0n) is 16.3. The summed E-state index contributed by atoms with van der Waals surface area (Å²) in [5.74, 6) is 0.568. The standard InChI is InChI=1S/C22H35BrClNO/c1-2-3-4-5-6-7-8-9-10-11-15-25-18-21(17-24)26-22(25)19-13-12-14-20(23)16-19/h12-14,16,21-22H,2-11,15,17-18H2,1H3. The van der Waals surface area contributed by atoms with E-state index in [9.17, 15) is 0 Å². The zero-order chi connectivity index (χ0) is 18.6. The Kier molecular flexibility index (Phi) is 11.2. The molecule has 0 aromatic heterocycles. The van der Waals surface area contributed by atoms with E-state index < -0.39 is 0 Å². The van der Waals surface area contributed by atoms with Gasteiger partial charge in [-0.25, -0.2) is 0 Å². The highest BCUT2D eigenvalue weighted by Gasteiger charge is 2.32. The van der Waals surface area contributed by atoms with Gasteiger partial charge in [0.25, 0.3) is 0 Å². The predicted molar refractivity (Wildman–Crippen MR) is 116 cm³/mol. The van der Waals surface area contributed by atoms with E-state index in [1.807, 2.05) is 0 Å². The Morgan fingerprint density at radius 3 is 2.31 bits per heavy atom. The van der Waals surface area contributed by atoms with Gasteiger partial charge in [0.1, 0.15) is 6.23 Å². The van der Waals surface area contributed by atoms with Crippen LogP contribution in [0.3, 0.4) is 0 Å². The highest BCUT2D eigenvalue weighted by atomic mass is 79.9. The van der Waals surface area contributed by atoms with Crippen molar-refractivity contribution in [2.75, 3.05) is 19.0 Å².